The zero-order valence-corrected chi connectivity index (χ0v) is 15.0. The van der Waals surface area contributed by atoms with Crippen LogP contribution in [0.3, 0.4) is 0 Å². The van der Waals surface area contributed by atoms with Crippen LogP contribution in [0.15, 0.2) is 42.9 Å². The van der Waals surface area contributed by atoms with Crippen LogP contribution < -0.4 is 15.1 Å². The third kappa shape index (κ3) is 3.35. The number of carbonyl (C=O) groups excluding carboxylic acids is 1. The fraction of sp³-hybridized carbons (Fsp3) is 0.421. The number of urea groups is 1. The van der Waals surface area contributed by atoms with Gasteiger partial charge in [0.15, 0.2) is 5.82 Å². The number of piperidine rings is 1. The SMILES string of the molecule is CN1CCC(NC(=O)N2CCN(c3cnccn3)c3ccccc32)CC1. The van der Waals surface area contributed by atoms with Crippen molar-refractivity contribution >= 4 is 23.2 Å². The van der Waals surface area contributed by atoms with Gasteiger partial charge in [0, 0.05) is 31.5 Å². The molecule has 0 spiro atoms. The lowest BCUT2D eigenvalue weighted by Crippen LogP contribution is -2.52. The van der Waals surface area contributed by atoms with Crippen molar-refractivity contribution in [2.24, 2.45) is 0 Å². The first kappa shape index (κ1) is 16.8. The summed E-state index contributed by atoms with van der Waals surface area (Å²) in [7, 11) is 2.12. The first-order chi connectivity index (χ1) is 12.7. The molecule has 2 aromatic rings. The summed E-state index contributed by atoms with van der Waals surface area (Å²) in [5.41, 5.74) is 1.90. The highest BCUT2D eigenvalue weighted by atomic mass is 16.2. The molecule has 3 heterocycles. The number of rotatable bonds is 2. The monoisotopic (exact) mass is 352 g/mol. The number of nitrogens with one attached hydrogen (secondary N) is 1. The minimum absolute atomic E-state index is 0.00852. The van der Waals surface area contributed by atoms with E-state index in [-0.39, 0.29) is 12.1 Å². The number of benzene rings is 1. The predicted molar refractivity (Wildman–Crippen MR) is 102 cm³/mol. The number of hydrogen-bond donors (Lipinski definition) is 1. The van der Waals surface area contributed by atoms with Crippen LogP contribution >= 0.6 is 0 Å². The number of para-hydroxylation sites is 2. The van der Waals surface area contributed by atoms with Gasteiger partial charge in [0.1, 0.15) is 0 Å². The first-order valence-corrected chi connectivity index (χ1v) is 9.11. The largest absolute Gasteiger partial charge is 0.335 e. The molecule has 7 nitrogen and oxygen atoms in total. The number of anilines is 3. The molecule has 4 rings (SSSR count). The summed E-state index contributed by atoms with van der Waals surface area (Å²) in [5.74, 6) is 0.801. The fourth-order valence-electron chi connectivity index (χ4n) is 3.65. The molecule has 0 unspecified atom stereocenters. The Labute approximate surface area is 153 Å². The smallest absolute Gasteiger partial charge is 0.322 e. The number of hydrogen-bond acceptors (Lipinski definition) is 5. The molecule has 1 fully saturated rings. The molecule has 0 radical (unpaired) electrons. The number of aromatic nitrogens is 2. The highest BCUT2D eigenvalue weighted by Crippen LogP contribution is 2.36. The van der Waals surface area contributed by atoms with Gasteiger partial charge in [-0.05, 0) is 45.1 Å². The van der Waals surface area contributed by atoms with E-state index < -0.39 is 0 Å². The van der Waals surface area contributed by atoms with Crippen molar-refractivity contribution in [2.45, 2.75) is 18.9 Å². The van der Waals surface area contributed by atoms with E-state index in [2.05, 4.69) is 32.1 Å². The van der Waals surface area contributed by atoms with Gasteiger partial charge in [-0.2, -0.15) is 0 Å². The summed E-state index contributed by atoms with van der Waals surface area (Å²) in [6.07, 6.45) is 7.12. The molecular weight excluding hydrogens is 328 g/mol. The summed E-state index contributed by atoms with van der Waals surface area (Å²) in [6, 6.07) is 8.22. The summed E-state index contributed by atoms with van der Waals surface area (Å²) in [4.78, 5) is 27.8. The van der Waals surface area contributed by atoms with E-state index in [4.69, 9.17) is 0 Å². The standard InChI is InChI=1S/C19H24N6O/c1-23-10-6-15(7-11-23)22-19(26)25-13-12-24(18-14-20-8-9-21-18)16-4-2-3-5-17(16)25/h2-5,8-9,14-15H,6-7,10-13H2,1H3,(H,22,26). The molecule has 2 aliphatic heterocycles. The van der Waals surface area contributed by atoms with Crippen LogP contribution in [0.5, 0.6) is 0 Å². The van der Waals surface area contributed by atoms with E-state index in [1.807, 2.05) is 29.2 Å². The minimum Gasteiger partial charge on any atom is -0.335 e. The number of nitrogens with zero attached hydrogens (tertiary/aromatic N) is 5. The maximum absolute atomic E-state index is 12.9. The second kappa shape index (κ2) is 7.29. The number of likely N-dealkylation sites (tertiary alicyclic amines) is 1. The molecule has 0 bridgehead atoms. The first-order valence-electron chi connectivity index (χ1n) is 9.11. The second-order valence-electron chi connectivity index (χ2n) is 6.88. The maximum atomic E-state index is 12.9. The molecule has 0 aliphatic carbocycles. The van der Waals surface area contributed by atoms with Crippen molar-refractivity contribution < 1.29 is 4.79 Å². The van der Waals surface area contributed by atoms with Gasteiger partial charge in [0.2, 0.25) is 0 Å². The van der Waals surface area contributed by atoms with Gasteiger partial charge in [-0.1, -0.05) is 12.1 Å². The normalized spacial score (nSPS) is 18.5. The number of amides is 2. The predicted octanol–water partition coefficient (Wildman–Crippen LogP) is 2.24. The Morgan fingerprint density at radius 1 is 1.08 bits per heavy atom. The summed E-state index contributed by atoms with van der Waals surface area (Å²) in [5, 5.41) is 3.22. The van der Waals surface area contributed by atoms with Crippen LogP contribution in [-0.4, -0.2) is 60.2 Å². The molecule has 1 aromatic heterocycles. The van der Waals surface area contributed by atoms with Crippen LogP contribution in [0, 0.1) is 0 Å². The molecule has 1 saturated heterocycles. The highest BCUT2D eigenvalue weighted by molar-refractivity contribution is 5.97. The van der Waals surface area contributed by atoms with Gasteiger partial charge in [0.25, 0.3) is 0 Å². The van der Waals surface area contributed by atoms with Crippen molar-refractivity contribution in [3.05, 3.63) is 42.9 Å². The summed E-state index contributed by atoms with van der Waals surface area (Å²) >= 11 is 0. The molecule has 0 saturated carbocycles. The van der Waals surface area contributed by atoms with Crippen molar-refractivity contribution in [3.63, 3.8) is 0 Å². The average Bonchev–Trinajstić information content (AvgIpc) is 2.69. The molecule has 0 atom stereocenters. The molecule has 136 valence electrons. The van der Waals surface area contributed by atoms with Gasteiger partial charge in [-0.15, -0.1) is 0 Å². The van der Waals surface area contributed by atoms with Gasteiger partial charge in [0.05, 0.1) is 17.6 Å². The number of fused-ring (bicyclic) bond motifs is 1. The van der Waals surface area contributed by atoms with Crippen LogP contribution in [0.1, 0.15) is 12.8 Å². The molecule has 7 heteroatoms. The Balaban J connectivity index is 1.53. The Bertz CT molecular complexity index is 760. The molecule has 2 aliphatic rings. The summed E-state index contributed by atoms with van der Waals surface area (Å²) < 4.78 is 0. The van der Waals surface area contributed by atoms with Gasteiger partial charge in [-0.25, -0.2) is 9.78 Å². The quantitative estimate of drug-likeness (QED) is 0.898. The second-order valence-corrected chi connectivity index (χ2v) is 6.88. The van der Waals surface area contributed by atoms with Crippen molar-refractivity contribution in [1.82, 2.24) is 20.2 Å². The van der Waals surface area contributed by atoms with Crippen molar-refractivity contribution in [3.8, 4) is 0 Å². The molecule has 1 aromatic carbocycles. The van der Waals surface area contributed by atoms with Crippen LogP contribution in [0.25, 0.3) is 0 Å². The molecule has 26 heavy (non-hydrogen) atoms. The molecule has 1 N–H and O–H groups in total. The van der Waals surface area contributed by atoms with Gasteiger partial charge >= 0.3 is 6.03 Å². The van der Waals surface area contributed by atoms with E-state index in [0.29, 0.717) is 13.1 Å². The Kier molecular flexibility index (Phi) is 4.71. The third-order valence-corrected chi connectivity index (χ3v) is 5.13. The van der Waals surface area contributed by atoms with E-state index in [1.54, 1.807) is 18.6 Å². The maximum Gasteiger partial charge on any atom is 0.322 e. The lowest BCUT2D eigenvalue weighted by molar-refractivity contribution is 0.217. The lowest BCUT2D eigenvalue weighted by atomic mass is 10.1. The van der Waals surface area contributed by atoms with Crippen LogP contribution in [-0.2, 0) is 0 Å². The van der Waals surface area contributed by atoms with Gasteiger partial charge in [-0.3, -0.25) is 9.88 Å². The fourth-order valence-corrected chi connectivity index (χ4v) is 3.65. The van der Waals surface area contributed by atoms with E-state index in [1.165, 1.54) is 0 Å². The zero-order chi connectivity index (χ0) is 17.9. The van der Waals surface area contributed by atoms with E-state index in [9.17, 15) is 4.79 Å². The Hall–Kier alpha value is -2.67. The van der Waals surface area contributed by atoms with E-state index >= 15 is 0 Å². The third-order valence-electron chi connectivity index (χ3n) is 5.13. The molecular formula is C19H24N6O. The summed E-state index contributed by atoms with van der Waals surface area (Å²) in [6.45, 7) is 3.37. The van der Waals surface area contributed by atoms with Gasteiger partial charge < -0.3 is 15.1 Å². The van der Waals surface area contributed by atoms with E-state index in [0.717, 1.165) is 43.1 Å². The van der Waals surface area contributed by atoms with Crippen LogP contribution in [0.2, 0.25) is 0 Å². The Morgan fingerprint density at radius 2 is 1.85 bits per heavy atom. The van der Waals surface area contributed by atoms with Crippen molar-refractivity contribution in [1.29, 1.82) is 0 Å². The highest BCUT2D eigenvalue weighted by Gasteiger charge is 2.29. The average molecular weight is 352 g/mol. The minimum atomic E-state index is -0.00852. The number of carbonyl (C=O) groups is 1. The van der Waals surface area contributed by atoms with Crippen LogP contribution in [0.4, 0.5) is 22.0 Å². The van der Waals surface area contributed by atoms with Crippen molar-refractivity contribution in [2.75, 3.05) is 43.0 Å². The lowest BCUT2D eigenvalue weighted by Gasteiger charge is -2.38. The molecule has 2 amide bonds. The zero-order valence-electron chi connectivity index (χ0n) is 15.0. The Morgan fingerprint density at radius 3 is 2.58 bits per heavy atom. The topological polar surface area (TPSA) is 64.6 Å².